The fourth-order valence-corrected chi connectivity index (χ4v) is 1.68. The summed E-state index contributed by atoms with van der Waals surface area (Å²) in [5.74, 6) is -1.08. The molecule has 1 amide bonds. The summed E-state index contributed by atoms with van der Waals surface area (Å²) in [6, 6.07) is 4.00. The highest BCUT2D eigenvalue weighted by atomic mass is 19.1. The van der Waals surface area contributed by atoms with Crippen molar-refractivity contribution in [3.8, 4) is 0 Å². The van der Waals surface area contributed by atoms with Crippen molar-refractivity contribution in [3.05, 3.63) is 47.5 Å². The minimum atomic E-state index is -0.618. The molecule has 1 heterocycles. The number of hydrogen-bond donors (Lipinski definition) is 2. The number of nitrogens with one attached hydrogen (secondary N) is 1. The number of hydrogen-bond acceptors (Lipinski definition) is 3. The number of nitrogens with two attached hydrogens (primary N) is 1. The molecule has 0 radical (unpaired) electrons. The lowest BCUT2D eigenvalue weighted by Gasteiger charge is -2.06. The summed E-state index contributed by atoms with van der Waals surface area (Å²) >= 11 is 0. The van der Waals surface area contributed by atoms with Gasteiger partial charge in [-0.05, 0) is 30.7 Å². The van der Waals surface area contributed by atoms with Gasteiger partial charge in [-0.1, -0.05) is 0 Å². The van der Waals surface area contributed by atoms with E-state index in [1.807, 2.05) is 13.1 Å². The first kappa shape index (κ1) is 13.1. The van der Waals surface area contributed by atoms with Gasteiger partial charge in [-0.3, -0.25) is 9.48 Å². The van der Waals surface area contributed by atoms with Crippen LogP contribution in [0.2, 0.25) is 0 Å². The van der Waals surface area contributed by atoms with E-state index in [-0.39, 0.29) is 5.56 Å². The molecule has 1 aromatic carbocycles. The SMILES string of the molecule is Cc1cnn(CCNC(=O)c2ccc(N)cc2F)c1. The number of carbonyl (C=O) groups is 1. The van der Waals surface area contributed by atoms with E-state index < -0.39 is 11.7 Å². The summed E-state index contributed by atoms with van der Waals surface area (Å²) in [5.41, 5.74) is 6.76. The topological polar surface area (TPSA) is 72.9 Å². The first-order chi connectivity index (χ1) is 9.06. The van der Waals surface area contributed by atoms with E-state index in [0.29, 0.717) is 18.8 Å². The van der Waals surface area contributed by atoms with Crippen molar-refractivity contribution in [3.63, 3.8) is 0 Å². The summed E-state index contributed by atoms with van der Waals surface area (Å²) in [6.07, 6.45) is 3.61. The highest BCUT2D eigenvalue weighted by Gasteiger charge is 2.11. The Bertz CT molecular complexity index is 594. The molecule has 0 fully saturated rings. The van der Waals surface area contributed by atoms with Gasteiger partial charge in [-0.15, -0.1) is 0 Å². The number of halogens is 1. The van der Waals surface area contributed by atoms with Crippen LogP contribution in [-0.4, -0.2) is 22.2 Å². The van der Waals surface area contributed by atoms with E-state index in [1.165, 1.54) is 12.1 Å². The van der Waals surface area contributed by atoms with Crippen molar-refractivity contribution >= 4 is 11.6 Å². The van der Waals surface area contributed by atoms with Crippen LogP contribution in [-0.2, 0) is 6.54 Å². The zero-order chi connectivity index (χ0) is 13.8. The van der Waals surface area contributed by atoms with Crippen LogP contribution in [0.4, 0.5) is 10.1 Å². The Kier molecular flexibility index (Phi) is 3.79. The molecule has 0 aliphatic heterocycles. The van der Waals surface area contributed by atoms with Gasteiger partial charge in [0, 0.05) is 18.4 Å². The van der Waals surface area contributed by atoms with E-state index in [0.717, 1.165) is 11.6 Å². The molecule has 0 aliphatic rings. The largest absolute Gasteiger partial charge is 0.399 e. The van der Waals surface area contributed by atoms with Crippen LogP contribution in [0.25, 0.3) is 0 Å². The number of amides is 1. The maximum atomic E-state index is 13.5. The molecule has 1 aromatic heterocycles. The van der Waals surface area contributed by atoms with Crippen molar-refractivity contribution in [2.24, 2.45) is 0 Å². The van der Waals surface area contributed by atoms with Crippen LogP contribution < -0.4 is 11.1 Å². The van der Waals surface area contributed by atoms with Crippen LogP contribution >= 0.6 is 0 Å². The molecular weight excluding hydrogens is 247 g/mol. The lowest BCUT2D eigenvalue weighted by atomic mass is 10.2. The van der Waals surface area contributed by atoms with E-state index >= 15 is 0 Å². The van der Waals surface area contributed by atoms with Crippen LogP contribution in [0.3, 0.4) is 0 Å². The molecule has 19 heavy (non-hydrogen) atoms. The van der Waals surface area contributed by atoms with Crippen molar-refractivity contribution < 1.29 is 9.18 Å². The molecule has 0 bridgehead atoms. The molecule has 0 saturated heterocycles. The second kappa shape index (κ2) is 5.51. The summed E-state index contributed by atoms with van der Waals surface area (Å²) in [6.45, 7) is 2.85. The van der Waals surface area contributed by atoms with Gasteiger partial charge < -0.3 is 11.1 Å². The Morgan fingerprint density at radius 1 is 1.53 bits per heavy atom. The van der Waals surface area contributed by atoms with Gasteiger partial charge in [0.2, 0.25) is 0 Å². The Labute approximate surface area is 110 Å². The Hall–Kier alpha value is -2.37. The number of benzene rings is 1. The van der Waals surface area contributed by atoms with Crippen molar-refractivity contribution in [2.45, 2.75) is 13.5 Å². The van der Waals surface area contributed by atoms with Gasteiger partial charge in [-0.2, -0.15) is 5.10 Å². The molecule has 100 valence electrons. The van der Waals surface area contributed by atoms with Gasteiger partial charge >= 0.3 is 0 Å². The second-order valence-corrected chi connectivity index (χ2v) is 4.28. The predicted molar refractivity (Wildman–Crippen MR) is 70.1 cm³/mol. The molecule has 0 aliphatic carbocycles. The van der Waals surface area contributed by atoms with Crippen molar-refractivity contribution in [1.29, 1.82) is 0 Å². The molecule has 0 saturated carbocycles. The summed E-state index contributed by atoms with van der Waals surface area (Å²) in [5, 5.41) is 6.73. The van der Waals surface area contributed by atoms with Crippen LogP contribution in [0, 0.1) is 12.7 Å². The molecule has 3 N–H and O–H groups in total. The predicted octanol–water partition coefficient (Wildman–Crippen LogP) is 1.34. The summed E-state index contributed by atoms with van der Waals surface area (Å²) in [4.78, 5) is 11.8. The van der Waals surface area contributed by atoms with Crippen LogP contribution in [0.15, 0.2) is 30.6 Å². The van der Waals surface area contributed by atoms with Gasteiger partial charge in [0.1, 0.15) is 5.82 Å². The maximum Gasteiger partial charge on any atom is 0.254 e. The molecule has 0 spiro atoms. The zero-order valence-electron chi connectivity index (χ0n) is 10.6. The van der Waals surface area contributed by atoms with E-state index in [2.05, 4.69) is 10.4 Å². The lowest BCUT2D eigenvalue weighted by molar-refractivity contribution is 0.0948. The molecule has 5 nitrogen and oxygen atoms in total. The van der Waals surface area contributed by atoms with Gasteiger partial charge in [0.05, 0.1) is 18.3 Å². The maximum absolute atomic E-state index is 13.5. The average Bonchev–Trinajstić information content (AvgIpc) is 2.75. The zero-order valence-corrected chi connectivity index (χ0v) is 10.6. The van der Waals surface area contributed by atoms with Crippen LogP contribution in [0.5, 0.6) is 0 Å². The number of nitrogen functional groups attached to an aromatic ring is 1. The fraction of sp³-hybridized carbons (Fsp3) is 0.231. The number of aromatic nitrogens is 2. The minimum Gasteiger partial charge on any atom is -0.399 e. The third kappa shape index (κ3) is 3.31. The molecule has 2 rings (SSSR count). The summed E-state index contributed by atoms with van der Waals surface area (Å²) < 4.78 is 15.2. The third-order valence-electron chi connectivity index (χ3n) is 2.63. The quantitative estimate of drug-likeness (QED) is 0.817. The van der Waals surface area contributed by atoms with Crippen molar-refractivity contribution in [2.75, 3.05) is 12.3 Å². The van der Waals surface area contributed by atoms with E-state index in [1.54, 1.807) is 10.9 Å². The fourth-order valence-electron chi connectivity index (χ4n) is 1.68. The standard InChI is InChI=1S/C13H15FN4O/c1-9-7-17-18(8-9)5-4-16-13(19)11-3-2-10(15)6-12(11)14/h2-3,6-8H,4-5,15H2,1H3,(H,16,19). The number of nitrogens with zero attached hydrogens (tertiary/aromatic N) is 2. The second-order valence-electron chi connectivity index (χ2n) is 4.28. The van der Waals surface area contributed by atoms with Gasteiger partial charge in [-0.25, -0.2) is 4.39 Å². The first-order valence-electron chi connectivity index (χ1n) is 5.88. The summed E-state index contributed by atoms with van der Waals surface area (Å²) in [7, 11) is 0. The lowest BCUT2D eigenvalue weighted by Crippen LogP contribution is -2.28. The van der Waals surface area contributed by atoms with Crippen molar-refractivity contribution in [1.82, 2.24) is 15.1 Å². The van der Waals surface area contributed by atoms with E-state index in [9.17, 15) is 9.18 Å². The number of anilines is 1. The van der Waals surface area contributed by atoms with Gasteiger partial charge in [0.25, 0.3) is 5.91 Å². The Morgan fingerprint density at radius 2 is 2.32 bits per heavy atom. The normalized spacial score (nSPS) is 10.4. The highest BCUT2D eigenvalue weighted by Crippen LogP contribution is 2.11. The van der Waals surface area contributed by atoms with Crippen LogP contribution in [0.1, 0.15) is 15.9 Å². The average molecular weight is 262 g/mol. The number of carbonyl (C=O) groups excluding carboxylic acids is 1. The highest BCUT2D eigenvalue weighted by molar-refractivity contribution is 5.94. The Morgan fingerprint density at radius 3 is 2.95 bits per heavy atom. The molecule has 0 atom stereocenters. The Balaban J connectivity index is 1.90. The monoisotopic (exact) mass is 262 g/mol. The number of rotatable bonds is 4. The number of aryl methyl sites for hydroxylation is 1. The third-order valence-corrected chi connectivity index (χ3v) is 2.63. The molecule has 0 unspecified atom stereocenters. The smallest absolute Gasteiger partial charge is 0.254 e. The molecule has 6 heteroatoms. The molecular formula is C13H15FN4O. The molecule has 2 aromatic rings. The van der Waals surface area contributed by atoms with E-state index in [4.69, 9.17) is 5.73 Å². The first-order valence-corrected chi connectivity index (χ1v) is 5.88. The minimum absolute atomic E-state index is 0.00848. The van der Waals surface area contributed by atoms with Gasteiger partial charge in [0.15, 0.2) is 0 Å².